The molecule has 1 aromatic rings. The molecule has 3 N–H and O–H groups in total. The van der Waals surface area contributed by atoms with Crippen molar-refractivity contribution in [3.05, 3.63) is 23.8 Å². The highest BCUT2D eigenvalue weighted by Crippen LogP contribution is 2.24. The van der Waals surface area contributed by atoms with Crippen LogP contribution in [0.4, 0.5) is 5.69 Å². The second kappa shape index (κ2) is 8.85. The van der Waals surface area contributed by atoms with E-state index < -0.39 is 16.0 Å². The molecule has 0 fully saturated rings. The molecule has 23 heavy (non-hydrogen) atoms. The van der Waals surface area contributed by atoms with Gasteiger partial charge in [-0.15, -0.1) is 0 Å². The molecule has 0 heterocycles. The summed E-state index contributed by atoms with van der Waals surface area (Å²) in [6.45, 7) is 4.56. The van der Waals surface area contributed by atoms with Crippen LogP contribution in [0.5, 0.6) is 0 Å². The third kappa shape index (κ3) is 5.81. The molecule has 0 aliphatic carbocycles. The summed E-state index contributed by atoms with van der Waals surface area (Å²) in [5, 5.41) is 12.2. The van der Waals surface area contributed by atoms with Crippen molar-refractivity contribution in [2.24, 2.45) is 0 Å². The van der Waals surface area contributed by atoms with Crippen molar-refractivity contribution in [1.82, 2.24) is 4.72 Å². The number of benzene rings is 1. The summed E-state index contributed by atoms with van der Waals surface area (Å²) >= 11 is 0. The van der Waals surface area contributed by atoms with Gasteiger partial charge in [-0.1, -0.05) is 6.92 Å². The molecule has 130 valence electrons. The number of hydrogen-bond acceptors (Lipinski definition) is 5. The fraction of sp³-hybridized carbons (Fsp3) is 0.533. The van der Waals surface area contributed by atoms with Gasteiger partial charge in [0.15, 0.2) is 0 Å². The topological polar surface area (TPSA) is 105 Å². The number of sulfonamides is 1. The third-order valence-corrected chi connectivity index (χ3v) is 4.85. The number of aromatic carboxylic acids is 1. The number of nitrogens with one attached hydrogen (secondary N) is 2. The number of methoxy groups -OCH3 is 1. The predicted molar refractivity (Wildman–Crippen MR) is 88.5 cm³/mol. The SMILES string of the molecule is CC[C@@H](C)Nc1ccc(C(=O)O)cc1S(=O)(=O)NCCCOC. The van der Waals surface area contributed by atoms with Crippen LogP contribution in [0, 0.1) is 0 Å². The standard InChI is InChI=1S/C15H24N2O5S/c1-4-11(2)17-13-7-6-12(15(18)19)10-14(13)23(20,21)16-8-5-9-22-3/h6-7,10-11,16-17H,4-5,8-9H2,1-3H3,(H,18,19)/t11-/m1/s1. The lowest BCUT2D eigenvalue weighted by Crippen LogP contribution is -2.27. The van der Waals surface area contributed by atoms with Crippen LogP contribution < -0.4 is 10.0 Å². The molecule has 7 nitrogen and oxygen atoms in total. The van der Waals surface area contributed by atoms with E-state index in [1.54, 1.807) is 7.11 Å². The molecule has 1 aromatic carbocycles. The van der Waals surface area contributed by atoms with Crippen molar-refractivity contribution in [3.63, 3.8) is 0 Å². The van der Waals surface area contributed by atoms with E-state index in [1.807, 2.05) is 13.8 Å². The zero-order chi connectivity index (χ0) is 17.5. The largest absolute Gasteiger partial charge is 0.478 e. The zero-order valence-corrected chi connectivity index (χ0v) is 14.4. The van der Waals surface area contributed by atoms with Crippen LogP contribution in [0.15, 0.2) is 23.1 Å². The van der Waals surface area contributed by atoms with Crippen molar-refractivity contribution in [1.29, 1.82) is 0 Å². The Hall–Kier alpha value is -1.64. The van der Waals surface area contributed by atoms with Crippen LogP contribution in [0.2, 0.25) is 0 Å². The molecular formula is C15H24N2O5S. The Labute approximate surface area is 137 Å². The molecule has 0 saturated carbocycles. The van der Waals surface area contributed by atoms with Gasteiger partial charge in [-0.25, -0.2) is 17.9 Å². The van der Waals surface area contributed by atoms with E-state index in [1.165, 1.54) is 18.2 Å². The molecule has 0 aromatic heterocycles. The molecule has 0 bridgehead atoms. The smallest absolute Gasteiger partial charge is 0.335 e. The molecule has 0 aliphatic rings. The van der Waals surface area contributed by atoms with Crippen LogP contribution in [0.1, 0.15) is 37.0 Å². The maximum Gasteiger partial charge on any atom is 0.335 e. The van der Waals surface area contributed by atoms with E-state index >= 15 is 0 Å². The van der Waals surface area contributed by atoms with E-state index in [9.17, 15) is 13.2 Å². The van der Waals surface area contributed by atoms with Crippen LogP contribution in [-0.2, 0) is 14.8 Å². The summed E-state index contributed by atoms with van der Waals surface area (Å²) in [6.07, 6.45) is 1.34. The highest BCUT2D eigenvalue weighted by molar-refractivity contribution is 7.89. The first kappa shape index (κ1) is 19.4. The second-order valence-corrected chi connectivity index (χ2v) is 6.95. The first-order valence-corrected chi connectivity index (χ1v) is 8.92. The highest BCUT2D eigenvalue weighted by Gasteiger charge is 2.21. The van der Waals surface area contributed by atoms with Gasteiger partial charge in [0.2, 0.25) is 10.0 Å². The Kier molecular flexibility index (Phi) is 7.47. The number of rotatable bonds is 10. The van der Waals surface area contributed by atoms with Crippen molar-refractivity contribution >= 4 is 21.7 Å². The van der Waals surface area contributed by atoms with E-state index in [0.29, 0.717) is 18.7 Å². The van der Waals surface area contributed by atoms with Gasteiger partial charge in [-0.05, 0) is 38.0 Å². The maximum absolute atomic E-state index is 12.5. The van der Waals surface area contributed by atoms with Gasteiger partial charge in [0.25, 0.3) is 0 Å². The van der Waals surface area contributed by atoms with E-state index in [4.69, 9.17) is 9.84 Å². The summed E-state index contributed by atoms with van der Waals surface area (Å²) in [5.41, 5.74) is 0.320. The lowest BCUT2D eigenvalue weighted by molar-refractivity contribution is 0.0696. The Morgan fingerprint density at radius 2 is 2.09 bits per heavy atom. The Morgan fingerprint density at radius 1 is 1.39 bits per heavy atom. The van der Waals surface area contributed by atoms with Crippen LogP contribution >= 0.6 is 0 Å². The molecule has 0 spiro atoms. The average molecular weight is 344 g/mol. The molecule has 0 unspecified atom stereocenters. The molecular weight excluding hydrogens is 320 g/mol. The quantitative estimate of drug-likeness (QED) is 0.560. The molecule has 0 aliphatic heterocycles. The van der Waals surface area contributed by atoms with Crippen LogP contribution in [0.25, 0.3) is 0 Å². The van der Waals surface area contributed by atoms with E-state index in [-0.39, 0.29) is 23.0 Å². The van der Waals surface area contributed by atoms with Crippen molar-refractivity contribution in [2.45, 2.75) is 37.6 Å². The molecule has 0 saturated heterocycles. The fourth-order valence-corrected chi connectivity index (χ4v) is 3.13. The van der Waals surface area contributed by atoms with Crippen molar-refractivity contribution < 1.29 is 23.1 Å². The molecule has 0 amide bonds. The lowest BCUT2D eigenvalue weighted by Gasteiger charge is -2.17. The van der Waals surface area contributed by atoms with Gasteiger partial charge in [-0.3, -0.25) is 0 Å². The number of hydrogen-bond donors (Lipinski definition) is 3. The molecule has 0 radical (unpaired) electrons. The average Bonchev–Trinajstić information content (AvgIpc) is 2.51. The Morgan fingerprint density at radius 3 is 2.65 bits per heavy atom. The minimum atomic E-state index is -3.81. The minimum absolute atomic E-state index is 0.0601. The third-order valence-electron chi connectivity index (χ3n) is 3.35. The second-order valence-electron chi connectivity index (χ2n) is 5.21. The zero-order valence-electron chi connectivity index (χ0n) is 13.6. The first-order valence-electron chi connectivity index (χ1n) is 7.44. The van der Waals surface area contributed by atoms with Gasteiger partial charge in [0, 0.05) is 26.3 Å². The van der Waals surface area contributed by atoms with Gasteiger partial charge in [0.05, 0.1) is 11.3 Å². The lowest BCUT2D eigenvalue weighted by atomic mass is 10.2. The first-order chi connectivity index (χ1) is 10.8. The number of carboxylic acids is 1. The van der Waals surface area contributed by atoms with Crippen LogP contribution in [0.3, 0.4) is 0 Å². The number of carbonyl (C=O) groups is 1. The molecule has 1 rings (SSSR count). The highest BCUT2D eigenvalue weighted by atomic mass is 32.2. The summed E-state index contributed by atoms with van der Waals surface area (Å²) in [6, 6.07) is 4.11. The molecule has 8 heteroatoms. The molecule has 1 atom stereocenters. The predicted octanol–water partition coefficient (Wildman–Crippen LogP) is 1.91. The number of anilines is 1. The van der Waals surface area contributed by atoms with Gasteiger partial charge in [0.1, 0.15) is 4.90 Å². The summed E-state index contributed by atoms with van der Waals surface area (Å²) in [4.78, 5) is 11.1. The van der Waals surface area contributed by atoms with Gasteiger partial charge in [-0.2, -0.15) is 0 Å². The summed E-state index contributed by atoms with van der Waals surface area (Å²) in [5.74, 6) is -1.17. The summed E-state index contributed by atoms with van der Waals surface area (Å²) < 4.78 is 32.3. The van der Waals surface area contributed by atoms with Gasteiger partial charge >= 0.3 is 5.97 Å². The minimum Gasteiger partial charge on any atom is -0.478 e. The number of carboxylic acid groups (broad SMARTS) is 1. The summed E-state index contributed by atoms with van der Waals surface area (Å²) in [7, 11) is -2.27. The fourth-order valence-electron chi connectivity index (χ4n) is 1.87. The van der Waals surface area contributed by atoms with E-state index in [2.05, 4.69) is 10.0 Å². The van der Waals surface area contributed by atoms with Crippen molar-refractivity contribution in [3.8, 4) is 0 Å². The maximum atomic E-state index is 12.5. The van der Waals surface area contributed by atoms with E-state index in [0.717, 1.165) is 6.42 Å². The normalized spacial score (nSPS) is 12.8. The van der Waals surface area contributed by atoms with Crippen molar-refractivity contribution in [2.75, 3.05) is 25.6 Å². The Balaban J connectivity index is 3.12. The Bertz CT molecular complexity index is 631. The van der Waals surface area contributed by atoms with Crippen LogP contribution in [-0.4, -0.2) is 45.8 Å². The number of ether oxygens (including phenoxy) is 1. The monoisotopic (exact) mass is 344 g/mol. The van der Waals surface area contributed by atoms with Gasteiger partial charge < -0.3 is 15.2 Å².